The number of rotatable bonds is 2. The van der Waals surface area contributed by atoms with E-state index in [-0.39, 0.29) is 16.3 Å². The average molecular weight is 306 g/mol. The fourth-order valence-corrected chi connectivity index (χ4v) is 2.20. The molecule has 0 bridgehead atoms. The number of halogens is 3. The Bertz CT molecular complexity index is 752. The van der Waals surface area contributed by atoms with E-state index in [9.17, 15) is 21.6 Å². The topological polar surface area (TPSA) is 104 Å². The van der Waals surface area contributed by atoms with Crippen molar-refractivity contribution in [3.8, 4) is 5.69 Å². The number of benzene rings is 1. The Morgan fingerprint density at radius 1 is 1.20 bits per heavy atom. The third-order valence-corrected chi connectivity index (χ3v) is 3.43. The van der Waals surface area contributed by atoms with Gasteiger partial charge in [-0.1, -0.05) is 0 Å². The van der Waals surface area contributed by atoms with E-state index in [0.717, 1.165) is 23.0 Å². The molecule has 1 aromatic heterocycles. The van der Waals surface area contributed by atoms with E-state index in [0.29, 0.717) is 0 Å². The molecule has 1 heterocycles. The molecule has 0 aliphatic heterocycles. The van der Waals surface area contributed by atoms with Gasteiger partial charge in [0.05, 0.1) is 11.4 Å². The molecule has 20 heavy (non-hydrogen) atoms. The first-order valence-corrected chi connectivity index (χ1v) is 6.69. The number of nitrogens with two attached hydrogens (primary N) is 2. The lowest BCUT2D eigenvalue weighted by atomic mass is 10.3. The molecule has 0 saturated heterocycles. The number of anilines is 1. The normalized spacial score (nSPS) is 12.6. The Morgan fingerprint density at radius 3 is 2.30 bits per heavy atom. The van der Waals surface area contributed by atoms with Crippen molar-refractivity contribution >= 4 is 15.7 Å². The summed E-state index contributed by atoms with van der Waals surface area (Å²) in [7, 11) is -3.99. The van der Waals surface area contributed by atoms with Crippen LogP contribution in [0.3, 0.4) is 0 Å². The smallest absolute Gasteiger partial charge is 0.398 e. The molecule has 0 unspecified atom stereocenters. The van der Waals surface area contributed by atoms with Crippen LogP contribution in [0.15, 0.2) is 35.4 Å². The average Bonchev–Trinajstić information content (AvgIpc) is 2.75. The third kappa shape index (κ3) is 2.75. The van der Waals surface area contributed by atoms with Crippen molar-refractivity contribution in [3.63, 3.8) is 0 Å². The molecule has 108 valence electrons. The van der Waals surface area contributed by atoms with Gasteiger partial charge >= 0.3 is 6.18 Å². The standard InChI is InChI=1S/C10H9F3N4O2S/c11-10(12,13)9-3-4-17(16-9)6-1-2-8(7(14)5-6)20(15,18)19/h1-5H,14H2,(H2,15,18,19). The SMILES string of the molecule is Nc1cc(-n2ccc(C(F)(F)F)n2)ccc1S(N)(=O)=O. The number of primary sulfonamides is 1. The van der Waals surface area contributed by atoms with E-state index in [4.69, 9.17) is 10.9 Å². The van der Waals surface area contributed by atoms with Crippen LogP contribution in [0.5, 0.6) is 0 Å². The molecular weight excluding hydrogens is 297 g/mol. The van der Waals surface area contributed by atoms with Crippen LogP contribution in [0.25, 0.3) is 5.69 Å². The number of hydrogen-bond acceptors (Lipinski definition) is 4. The van der Waals surface area contributed by atoms with Gasteiger partial charge in [0.2, 0.25) is 10.0 Å². The van der Waals surface area contributed by atoms with Crippen molar-refractivity contribution in [2.24, 2.45) is 5.14 Å². The highest BCUT2D eigenvalue weighted by molar-refractivity contribution is 7.89. The minimum atomic E-state index is -4.56. The Kier molecular flexibility index (Phi) is 3.22. The second kappa shape index (κ2) is 4.49. The van der Waals surface area contributed by atoms with E-state index in [1.54, 1.807) is 0 Å². The Labute approximate surface area is 111 Å². The molecule has 6 nitrogen and oxygen atoms in total. The maximum atomic E-state index is 12.4. The second-order valence-electron chi connectivity index (χ2n) is 3.91. The van der Waals surface area contributed by atoms with Crippen molar-refractivity contribution in [1.82, 2.24) is 9.78 Å². The largest absolute Gasteiger partial charge is 0.435 e. The fraction of sp³-hybridized carbons (Fsp3) is 0.100. The summed E-state index contributed by atoms with van der Waals surface area (Å²) in [5.74, 6) is 0. The second-order valence-corrected chi connectivity index (χ2v) is 5.44. The van der Waals surface area contributed by atoms with E-state index in [1.165, 1.54) is 12.1 Å². The van der Waals surface area contributed by atoms with Gasteiger partial charge in [0.1, 0.15) is 4.90 Å². The van der Waals surface area contributed by atoms with E-state index in [2.05, 4.69) is 5.10 Å². The van der Waals surface area contributed by atoms with Gasteiger partial charge in [-0.25, -0.2) is 18.2 Å². The zero-order valence-electron chi connectivity index (χ0n) is 9.79. The minimum absolute atomic E-state index is 0.172. The molecular formula is C10H9F3N4O2S. The molecule has 2 aromatic rings. The molecule has 1 aromatic carbocycles. The lowest BCUT2D eigenvalue weighted by Crippen LogP contribution is -2.14. The monoisotopic (exact) mass is 306 g/mol. The Hall–Kier alpha value is -2.07. The third-order valence-electron chi connectivity index (χ3n) is 2.44. The van der Waals surface area contributed by atoms with Gasteiger partial charge in [0.25, 0.3) is 0 Å². The summed E-state index contributed by atoms with van der Waals surface area (Å²) in [6.07, 6.45) is -3.47. The maximum Gasteiger partial charge on any atom is 0.435 e. The number of sulfonamides is 1. The zero-order chi connectivity index (χ0) is 15.1. The molecule has 0 radical (unpaired) electrons. The molecule has 0 aliphatic rings. The summed E-state index contributed by atoms with van der Waals surface area (Å²) in [6.45, 7) is 0. The molecule has 0 fully saturated rings. The Morgan fingerprint density at radius 2 is 1.85 bits per heavy atom. The first-order chi connectivity index (χ1) is 9.09. The van der Waals surface area contributed by atoms with Crippen molar-refractivity contribution in [3.05, 3.63) is 36.2 Å². The molecule has 10 heteroatoms. The van der Waals surface area contributed by atoms with Crippen LogP contribution < -0.4 is 10.9 Å². The van der Waals surface area contributed by atoms with E-state index < -0.39 is 21.9 Å². The Balaban J connectivity index is 2.45. The van der Waals surface area contributed by atoms with Gasteiger partial charge in [0.15, 0.2) is 5.69 Å². The number of alkyl halides is 3. The van der Waals surface area contributed by atoms with Gasteiger partial charge < -0.3 is 5.73 Å². The van der Waals surface area contributed by atoms with Crippen molar-refractivity contribution in [2.75, 3.05) is 5.73 Å². The first-order valence-electron chi connectivity index (χ1n) is 5.14. The summed E-state index contributed by atoms with van der Waals surface area (Å²) in [5, 5.41) is 8.27. The summed E-state index contributed by atoms with van der Waals surface area (Å²) in [4.78, 5) is -0.301. The van der Waals surface area contributed by atoms with Gasteiger partial charge in [-0.15, -0.1) is 0 Å². The first kappa shape index (κ1) is 14.3. The fourth-order valence-electron chi connectivity index (χ4n) is 1.56. The van der Waals surface area contributed by atoms with Crippen LogP contribution in [-0.2, 0) is 16.2 Å². The molecule has 4 N–H and O–H groups in total. The number of nitrogen functional groups attached to an aromatic ring is 1. The zero-order valence-corrected chi connectivity index (χ0v) is 10.6. The number of hydrogen-bond donors (Lipinski definition) is 2. The van der Waals surface area contributed by atoms with Crippen LogP contribution in [-0.4, -0.2) is 18.2 Å². The number of nitrogens with zero attached hydrogens (tertiary/aromatic N) is 2. The minimum Gasteiger partial charge on any atom is -0.398 e. The van der Waals surface area contributed by atoms with Crippen molar-refractivity contribution in [1.29, 1.82) is 0 Å². The summed E-state index contributed by atoms with van der Waals surface area (Å²) < 4.78 is 60.5. The molecule has 0 atom stereocenters. The van der Waals surface area contributed by atoms with Gasteiger partial charge in [-0.05, 0) is 24.3 Å². The molecule has 0 aliphatic carbocycles. The van der Waals surface area contributed by atoms with Crippen molar-refractivity contribution < 1.29 is 21.6 Å². The lowest BCUT2D eigenvalue weighted by molar-refractivity contribution is -0.141. The highest BCUT2D eigenvalue weighted by Gasteiger charge is 2.33. The van der Waals surface area contributed by atoms with E-state index >= 15 is 0 Å². The summed E-state index contributed by atoms with van der Waals surface area (Å²) in [5.41, 5.74) is 4.46. The lowest BCUT2D eigenvalue weighted by Gasteiger charge is -2.07. The van der Waals surface area contributed by atoms with Gasteiger partial charge in [-0.2, -0.15) is 18.3 Å². The quantitative estimate of drug-likeness (QED) is 0.811. The highest BCUT2D eigenvalue weighted by atomic mass is 32.2. The van der Waals surface area contributed by atoms with Gasteiger partial charge in [0, 0.05) is 6.20 Å². The highest BCUT2D eigenvalue weighted by Crippen LogP contribution is 2.28. The van der Waals surface area contributed by atoms with Crippen LogP contribution >= 0.6 is 0 Å². The summed E-state index contributed by atoms with van der Waals surface area (Å²) >= 11 is 0. The van der Waals surface area contributed by atoms with Crippen LogP contribution in [0.2, 0.25) is 0 Å². The van der Waals surface area contributed by atoms with Gasteiger partial charge in [-0.3, -0.25) is 0 Å². The van der Waals surface area contributed by atoms with E-state index in [1.807, 2.05) is 0 Å². The molecule has 0 amide bonds. The number of aromatic nitrogens is 2. The summed E-state index contributed by atoms with van der Waals surface area (Å²) in [6, 6.07) is 4.33. The predicted octanol–water partition coefficient (Wildman–Crippen LogP) is 1.12. The van der Waals surface area contributed by atoms with Crippen molar-refractivity contribution in [2.45, 2.75) is 11.1 Å². The van der Waals surface area contributed by atoms with Crippen LogP contribution in [0.4, 0.5) is 18.9 Å². The molecule has 2 rings (SSSR count). The predicted molar refractivity (Wildman–Crippen MR) is 64.4 cm³/mol. The maximum absolute atomic E-state index is 12.4. The van der Waals surface area contributed by atoms with Crippen LogP contribution in [0, 0.1) is 0 Å². The van der Waals surface area contributed by atoms with Crippen LogP contribution in [0.1, 0.15) is 5.69 Å². The molecule has 0 saturated carbocycles. The molecule has 0 spiro atoms.